The van der Waals surface area contributed by atoms with E-state index in [9.17, 15) is 24.0 Å². The Kier molecular flexibility index (Phi) is 14.9. The zero-order valence-corrected chi connectivity index (χ0v) is 14.0. The predicted molar refractivity (Wildman–Crippen MR) is 89.3 cm³/mol. The molecule has 0 saturated heterocycles. The molecule has 0 fully saturated rings. The van der Waals surface area contributed by atoms with Crippen molar-refractivity contribution in [2.45, 2.75) is 25.7 Å². The Bertz CT molecular complexity index is 622. The normalized spacial score (nSPS) is 9.19. The van der Waals surface area contributed by atoms with Gasteiger partial charge in [-0.3, -0.25) is 14.6 Å². The van der Waals surface area contributed by atoms with Gasteiger partial charge in [0.2, 0.25) is 0 Å². The maximum absolute atomic E-state index is 10.2. The SMILES string of the molecule is O=C(O)/C=C\C(=O)O.O=C(O)CCCCC(=O)O.O=C(O)c1ccncc1. The van der Waals surface area contributed by atoms with Gasteiger partial charge >= 0.3 is 29.8 Å². The number of aromatic carboxylic acids is 1. The smallest absolute Gasteiger partial charge is 0.335 e. The minimum absolute atomic E-state index is 0.0628. The first-order valence-electron chi connectivity index (χ1n) is 7.27. The molecule has 1 aromatic rings. The van der Waals surface area contributed by atoms with E-state index in [4.69, 9.17) is 25.5 Å². The summed E-state index contributed by atoms with van der Waals surface area (Å²) in [6.07, 6.45) is 5.03. The Morgan fingerprint density at radius 1 is 0.741 bits per heavy atom. The summed E-state index contributed by atoms with van der Waals surface area (Å²) >= 11 is 0. The van der Waals surface area contributed by atoms with Crippen LogP contribution in [-0.2, 0) is 19.2 Å². The number of rotatable bonds is 8. The Morgan fingerprint density at radius 3 is 1.33 bits per heavy atom. The first-order valence-corrected chi connectivity index (χ1v) is 7.27. The van der Waals surface area contributed by atoms with Gasteiger partial charge < -0.3 is 25.5 Å². The molecule has 11 nitrogen and oxygen atoms in total. The lowest BCUT2D eigenvalue weighted by molar-refractivity contribution is -0.139. The van der Waals surface area contributed by atoms with Gasteiger partial charge in [0.1, 0.15) is 0 Å². The van der Waals surface area contributed by atoms with Gasteiger partial charge in [0.05, 0.1) is 5.56 Å². The van der Waals surface area contributed by atoms with Crippen molar-refractivity contribution in [2.75, 3.05) is 0 Å². The molecule has 0 aromatic carbocycles. The number of carbonyl (C=O) groups is 5. The molecule has 0 saturated carbocycles. The second kappa shape index (κ2) is 15.7. The van der Waals surface area contributed by atoms with Crippen LogP contribution in [0.25, 0.3) is 0 Å². The minimum atomic E-state index is -1.26. The van der Waals surface area contributed by atoms with Gasteiger partial charge in [-0.1, -0.05) is 0 Å². The number of hydrogen-bond acceptors (Lipinski definition) is 6. The molecule has 27 heavy (non-hydrogen) atoms. The van der Waals surface area contributed by atoms with Gasteiger partial charge in [0.25, 0.3) is 0 Å². The molecule has 0 radical (unpaired) electrons. The Morgan fingerprint density at radius 2 is 1.11 bits per heavy atom. The molecular weight excluding hydrogens is 366 g/mol. The molecule has 0 bridgehead atoms. The van der Waals surface area contributed by atoms with Crippen molar-refractivity contribution < 1.29 is 49.5 Å². The molecule has 0 amide bonds. The summed E-state index contributed by atoms with van der Waals surface area (Å²) in [6.45, 7) is 0. The van der Waals surface area contributed by atoms with Crippen LogP contribution in [0.2, 0.25) is 0 Å². The minimum Gasteiger partial charge on any atom is -0.481 e. The molecule has 0 aliphatic rings. The molecule has 0 aliphatic carbocycles. The summed E-state index contributed by atoms with van der Waals surface area (Å²) in [5.74, 6) is -5.17. The molecule has 1 rings (SSSR count). The van der Waals surface area contributed by atoms with Crippen molar-refractivity contribution in [1.29, 1.82) is 0 Å². The summed E-state index contributed by atoms with van der Waals surface area (Å²) in [5, 5.41) is 40.2. The lowest BCUT2D eigenvalue weighted by Crippen LogP contribution is -1.97. The highest BCUT2D eigenvalue weighted by Gasteiger charge is 1.99. The lowest BCUT2D eigenvalue weighted by Gasteiger charge is -1.92. The Hall–Kier alpha value is -3.76. The average molecular weight is 385 g/mol. The first-order chi connectivity index (χ1) is 12.6. The fourth-order valence-corrected chi connectivity index (χ4v) is 1.19. The van der Waals surface area contributed by atoms with E-state index in [-0.39, 0.29) is 18.4 Å². The molecule has 148 valence electrons. The van der Waals surface area contributed by atoms with Crippen molar-refractivity contribution in [3.05, 3.63) is 42.2 Å². The third kappa shape index (κ3) is 22.2. The molecule has 1 heterocycles. The van der Waals surface area contributed by atoms with Crippen LogP contribution < -0.4 is 0 Å². The van der Waals surface area contributed by atoms with Crippen LogP contribution >= 0.6 is 0 Å². The first kappa shape index (κ1) is 25.5. The van der Waals surface area contributed by atoms with Gasteiger partial charge in [-0.05, 0) is 25.0 Å². The van der Waals surface area contributed by atoms with Gasteiger partial charge in [-0.15, -0.1) is 0 Å². The monoisotopic (exact) mass is 385 g/mol. The summed E-state index contributed by atoms with van der Waals surface area (Å²) in [6, 6.07) is 2.89. The summed E-state index contributed by atoms with van der Waals surface area (Å²) in [5.41, 5.74) is 0.269. The van der Waals surface area contributed by atoms with E-state index in [1.807, 2.05) is 0 Å². The lowest BCUT2D eigenvalue weighted by atomic mass is 10.2. The van der Waals surface area contributed by atoms with Crippen LogP contribution in [-0.4, -0.2) is 60.4 Å². The zero-order valence-electron chi connectivity index (χ0n) is 14.0. The van der Waals surface area contributed by atoms with Crippen LogP contribution in [0.15, 0.2) is 36.7 Å². The van der Waals surface area contributed by atoms with Crippen LogP contribution in [0.3, 0.4) is 0 Å². The molecule has 0 spiro atoms. The number of aromatic nitrogens is 1. The standard InChI is InChI=1S/C6H5NO2.C6H10O4.C4H4O4/c8-6(9)5-1-3-7-4-2-5;7-5(8)3-1-2-4-6(9)10;5-3(6)1-2-4(7)8/h1-4H,(H,8,9);1-4H2,(H,7,8)(H,9,10);1-2H,(H,5,6)(H,7,8)/b;;2-1-. The van der Waals surface area contributed by atoms with E-state index in [1.165, 1.54) is 24.5 Å². The average Bonchev–Trinajstić information content (AvgIpc) is 2.58. The predicted octanol–water partition coefficient (Wildman–Crippen LogP) is 1.21. The highest BCUT2D eigenvalue weighted by Crippen LogP contribution is 1.98. The topological polar surface area (TPSA) is 199 Å². The third-order valence-corrected chi connectivity index (χ3v) is 2.33. The summed E-state index contributed by atoms with van der Waals surface area (Å²) < 4.78 is 0. The van der Waals surface area contributed by atoms with Gasteiger partial charge in [0, 0.05) is 37.4 Å². The summed E-state index contributed by atoms with van der Waals surface area (Å²) in [7, 11) is 0. The van der Waals surface area contributed by atoms with E-state index in [2.05, 4.69) is 4.98 Å². The number of nitrogens with zero attached hydrogens (tertiary/aromatic N) is 1. The van der Waals surface area contributed by atoms with Gasteiger partial charge in [0.15, 0.2) is 0 Å². The third-order valence-electron chi connectivity index (χ3n) is 2.33. The Labute approximate surface area is 153 Å². The summed E-state index contributed by atoms with van der Waals surface area (Å²) in [4.78, 5) is 52.7. The molecule has 0 aliphatic heterocycles. The second-order valence-corrected chi connectivity index (χ2v) is 4.55. The number of carboxylic acid groups (broad SMARTS) is 5. The fourth-order valence-electron chi connectivity index (χ4n) is 1.19. The van der Waals surface area contributed by atoms with Gasteiger partial charge in [-0.25, -0.2) is 14.4 Å². The second-order valence-electron chi connectivity index (χ2n) is 4.55. The number of hydrogen-bond donors (Lipinski definition) is 5. The van der Waals surface area contributed by atoms with E-state index < -0.39 is 29.8 Å². The van der Waals surface area contributed by atoms with E-state index in [0.717, 1.165) is 0 Å². The molecule has 1 aromatic heterocycles. The number of pyridine rings is 1. The van der Waals surface area contributed by atoms with Crippen LogP contribution in [0, 0.1) is 0 Å². The number of carboxylic acids is 5. The maximum atomic E-state index is 10.2. The highest BCUT2D eigenvalue weighted by molar-refractivity contribution is 5.89. The maximum Gasteiger partial charge on any atom is 0.335 e. The van der Waals surface area contributed by atoms with Crippen molar-refractivity contribution >= 4 is 29.8 Å². The molecule has 0 unspecified atom stereocenters. The zero-order chi connectivity index (χ0) is 21.2. The van der Waals surface area contributed by atoms with Crippen LogP contribution in [0.4, 0.5) is 0 Å². The van der Waals surface area contributed by atoms with Crippen molar-refractivity contribution in [2.24, 2.45) is 0 Å². The largest absolute Gasteiger partial charge is 0.481 e. The van der Waals surface area contributed by atoms with E-state index in [1.54, 1.807) is 0 Å². The quantitative estimate of drug-likeness (QED) is 0.318. The van der Waals surface area contributed by atoms with E-state index in [0.29, 0.717) is 25.0 Å². The molecule has 11 heteroatoms. The molecule has 5 N–H and O–H groups in total. The molecule has 0 atom stereocenters. The van der Waals surface area contributed by atoms with E-state index >= 15 is 0 Å². The Balaban J connectivity index is 0. The van der Waals surface area contributed by atoms with Crippen LogP contribution in [0.1, 0.15) is 36.0 Å². The highest BCUT2D eigenvalue weighted by atomic mass is 16.4. The van der Waals surface area contributed by atoms with Crippen LogP contribution in [0.5, 0.6) is 0 Å². The number of unbranched alkanes of at least 4 members (excludes halogenated alkanes) is 1. The number of aliphatic carboxylic acids is 4. The molecular formula is C16H19NO10. The van der Waals surface area contributed by atoms with Crippen molar-refractivity contribution in [1.82, 2.24) is 4.98 Å². The fraction of sp³-hybridized carbons (Fsp3) is 0.250. The van der Waals surface area contributed by atoms with Crippen molar-refractivity contribution in [3.8, 4) is 0 Å². The van der Waals surface area contributed by atoms with Gasteiger partial charge in [-0.2, -0.15) is 0 Å². The van der Waals surface area contributed by atoms with Crippen molar-refractivity contribution in [3.63, 3.8) is 0 Å².